The third kappa shape index (κ3) is 2.63. The summed E-state index contributed by atoms with van der Waals surface area (Å²) in [7, 11) is 0. The monoisotopic (exact) mass is 276 g/mol. The minimum Gasteiger partial charge on any atom is -0.129 e. The zero-order valence-electron chi connectivity index (χ0n) is 11.4. The molecule has 3 rings (SSSR count). The van der Waals surface area contributed by atoms with Crippen LogP contribution in [0.3, 0.4) is 0 Å². The van der Waals surface area contributed by atoms with E-state index < -0.39 is 0 Å². The van der Waals surface area contributed by atoms with Crippen molar-refractivity contribution in [2.45, 2.75) is 4.90 Å². The molecule has 0 bridgehead atoms. The maximum atomic E-state index is 2.28. The Morgan fingerprint density at radius 3 is 1.80 bits per heavy atom. The van der Waals surface area contributed by atoms with Crippen LogP contribution in [0, 0.1) is 0 Å². The van der Waals surface area contributed by atoms with Crippen LogP contribution in [0.2, 0.25) is 0 Å². The Bertz CT molecular complexity index is 687. The van der Waals surface area contributed by atoms with Gasteiger partial charge in [0.15, 0.2) is 0 Å². The molecular weight excluding hydrogens is 260 g/mol. The Balaban J connectivity index is 2.07. The Labute approximate surface area is 124 Å². The highest BCUT2D eigenvalue weighted by Gasteiger charge is 2.06. The van der Waals surface area contributed by atoms with Crippen molar-refractivity contribution in [1.29, 1.82) is 0 Å². The number of hydrogen-bond acceptors (Lipinski definition) is 1. The summed E-state index contributed by atoms with van der Waals surface area (Å²) in [5, 5.41) is 0. The largest absolute Gasteiger partial charge is 0.129 e. The van der Waals surface area contributed by atoms with Crippen LogP contribution in [0.15, 0.2) is 83.8 Å². The van der Waals surface area contributed by atoms with Gasteiger partial charge in [-0.1, -0.05) is 72.8 Å². The van der Waals surface area contributed by atoms with Crippen molar-refractivity contribution in [3.8, 4) is 22.3 Å². The van der Waals surface area contributed by atoms with Gasteiger partial charge in [-0.25, -0.2) is 0 Å². The lowest BCUT2D eigenvalue weighted by Crippen LogP contribution is -1.84. The molecule has 0 aromatic heterocycles. The molecule has 3 aromatic carbocycles. The van der Waals surface area contributed by atoms with E-state index in [1.807, 2.05) is 0 Å². The Morgan fingerprint density at radius 2 is 1.20 bits per heavy atom. The Kier molecular flexibility index (Phi) is 3.89. The molecule has 0 radical (unpaired) electrons. The molecule has 20 heavy (non-hydrogen) atoms. The fourth-order valence-electron chi connectivity index (χ4n) is 2.36. The normalized spacial score (nSPS) is 10.4. The van der Waals surface area contributed by atoms with Gasteiger partial charge in [0.05, 0.1) is 0 Å². The minimum absolute atomic E-state index is 1.27. The van der Waals surface area contributed by atoms with E-state index in [9.17, 15) is 0 Å². The molecule has 1 heteroatoms. The molecule has 98 valence electrons. The maximum Gasteiger partial charge on any atom is 0.0154 e. The highest BCUT2D eigenvalue weighted by molar-refractivity contribution is 7.98. The van der Waals surface area contributed by atoms with E-state index in [2.05, 4.69) is 85.1 Å². The summed E-state index contributed by atoms with van der Waals surface area (Å²) >= 11 is 1.80. The second-order valence-electron chi connectivity index (χ2n) is 4.65. The van der Waals surface area contributed by atoms with Crippen molar-refractivity contribution in [3.05, 3.63) is 78.9 Å². The zero-order valence-corrected chi connectivity index (χ0v) is 12.2. The molecule has 0 aliphatic heterocycles. The summed E-state index contributed by atoms with van der Waals surface area (Å²) < 4.78 is 0. The first kappa shape index (κ1) is 13.0. The summed E-state index contributed by atoms with van der Waals surface area (Å²) in [6.07, 6.45) is 2.14. The van der Waals surface area contributed by atoms with Crippen LogP contribution in [0.25, 0.3) is 22.3 Å². The van der Waals surface area contributed by atoms with Crippen molar-refractivity contribution in [2.24, 2.45) is 0 Å². The van der Waals surface area contributed by atoms with E-state index in [4.69, 9.17) is 0 Å². The van der Waals surface area contributed by atoms with E-state index in [0.717, 1.165) is 0 Å². The molecule has 3 aromatic rings. The second-order valence-corrected chi connectivity index (χ2v) is 5.50. The molecule has 0 unspecified atom stereocenters. The number of rotatable bonds is 3. The summed E-state index contributed by atoms with van der Waals surface area (Å²) in [6, 6.07) is 27.8. The van der Waals surface area contributed by atoms with Gasteiger partial charge in [-0.05, 0) is 34.6 Å². The first-order chi connectivity index (χ1) is 9.88. The summed E-state index contributed by atoms with van der Waals surface area (Å²) in [5.41, 5.74) is 5.12. The molecule has 0 atom stereocenters. The molecule has 0 nitrogen and oxygen atoms in total. The molecule has 0 fully saturated rings. The maximum absolute atomic E-state index is 2.28. The van der Waals surface area contributed by atoms with Gasteiger partial charge >= 0.3 is 0 Å². The van der Waals surface area contributed by atoms with Crippen molar-refractivity contribution in [3.63, 3.8) is 0 Å². The van der Waals surface area contributed by atoms with Gasteiger partial charge in [-0.2, -0.15) is 0 Å². The van der Waals surface area contributed by atoms with Crippen LogP contribution in [-0.4, -0.2) is 6.26 Å². The highest BCUT2D eigenvalue weighted by atomic mass is 32.2. The van der Waals surface area contributed by atoms with E-state index in [0.29, 0.717) is 0 Å². The Morgan fingerprint density at radius 1 is 0.600 bits per heavy atom. The van der Waals surface area contributed by atoms with Gasteiger partial charge in [0.25, 0.3) is 0 Å². The Hall–Kier alpha value is -1.99. The summed E-state index contributed by atoms with van der Waals surface area (Å²) in [5.74, 6) is 0. The molecule has 0 aliphatic rings. The predicted octanol–water partition coefficient (Wildman–Crippen LogP) is 5.74. The standard InChI is InChI=1S/C19H16S/c1-20-19-14-17(15-8-4-2-5-9-15)12-13-18(19)16-10-6-3-7-11-16/h2-14H,1H3. The number of thioether (sulfide) groups is 1. The zero-order chi connectivity index (χ0) is 13.8. The minimum atomic E-state index is 1.27. The van der Waals surface area contributed by atoms with Gasteiger partial charge in [-0.15, -0.1) is 11.8 Å². The average molecular weight is 276 g/mol. The molecular formula is C19H16S. The molecule has 0 amide bonds. The van der Waals surface area contributed by atoms with Crippen LogP contribution >= 0.6 is 11.8 Å². The lowest BCUT2D eigenvalue weighted by molar-refractivity contribution is 1.44. The third-order valence-corrected chi connectivity index (χ3v) is 4.17. The lowest BCUT2D eigenvalue weighted by Gasteiger charge is -2.10. The summed E-state index contributed by atoms with van der Waals surface area (Å²) in [4.78, 5) is 1.32. The third-order valence-electron chi connectivity index (χ3n) is 3.39. The van der Waals surface area contributed by atoms with E-state index in [-0.39, 0.29) is 0 Å². The molecule has 0 spiro atoms. The lowest BCUT2D eigenvalue weighted by atomic mass is 10.0. The van der Waals surface area contributed by atoms with Crippen LogP contribution < -0.4 is 0 Å². The molecule has 0 N–H and O–H groups in total. The van der Waals surface area contributed by atoms with Gasteiger partial charge in [-0.3, -0.25) is 0 Å². The summed E-state index contributed by atoms with van der Waals surface area (Å²) in [6.45, 7) is 0. The van der Waals surface area contributed by atoms with E-state index in [1.165, 1.54) is 27.1 Å². The van der Waals surface area contributed by atoms with Crippen molar-refractivity contribution >= 4 is 11.8 Å². The number of hydrogen-bond donors (Lipinski definition) is 0. The predicted molar refractivity (Wildman–Crippen MR) is 89.1 cm³/mol. The molecule has 0 heterocycles. The average Bonchev–Trinajstić information content (AvgIpc) is 2.56. The molecule has 0 saturated carbocycles. The fraction of sp³-hybridized carbons (Fsp3) is 0.0526. The van der Waals surface area contributed by atoms with Crippen LogP contribution in [0.4, 0.5) is 0 Å². The van der Waals surface area contributed by atoms with Crippen LogP contribution in [0.1, 0.15) is 0 Å². The van der Waals surface area contributed by atoms with Crippen LogP contribution in [-0.2, 0) is 0 Å². The van der Waals surface area contributed by atoms with Crippen LogP contribution in [0.5, 0.6) is 0 Å². The van der Waals surface area contributed by atoms with Gasteiger partial charge in [0.1, 0.15) is 0 Å². The number of benzene rings is 3. The van der Waals surface area contributed by atoms with Gasteiger partial charge in [0.2, 0.25) is 0 Å². The highest BCUT2D eigenvalue weighted by Crippen LogP contribution is 2.33. The first-order valence-electron chi connectivity index (χ1n) is 6.67. The topological polar surface area (TPSA) is 0 Å². The van der Waals surface area contributed by atoms with Crippen molar-refractivity contribution in [2.75, 3.05) is 6.26 Å². The smallest absolute Gasteiger partial charge is 0.0154 e. The van der Waals surface area contributed by atoms with Crippen molar-refractivity contribution in [1.82, 2.24) is 0 Å². The molecule has 0 saturated heterocycles. The molecule has 0 aliphatic carbocycles. The van der Waals surface area contributed by atoms with Crippen molar-refractivity contribution < 1.29 is 0 Å². The van der Waals surface area contributed by atoms with E-state index >= 15 is 0 Å². The quantitative estimate of drug-likeness (QED) is 0.549. The second kappa shape index (κ2) is 5.98. The first-order valence-corrected chi connectivity index (χ1v) is 7.90. The van der Waals surface area contributed by atoms with Gasteiger partial charge < -0.3 is 0 Å². The van der Waals surface area contributed by atoms with E-state index in [1.54, 1.807) is 11.8 Å². The van der Waals surface area contributed by atoms with Gasteiger partial charge in [0, 0.05) is 4.90 Å². The fourth-order valence-corrected chi connectivity index (χ4v) is 3.01. The SMILES string of the molecule is CSc1cc(-c2ccccc2)ccc1-c1ccccc1.